The molecule has 0 bridgehead atoms. The average Bonchev–Trinajstić information content (AvgIpc) is 2.93. The summed E-state index contributed by atoms with van der Waals surface area (Å²) in [6.45, 7) is 3.37. The van der Waals surface area contributed by atoms with E-state index in [0.717, 1.165) is 19.4 Å². The zero-order valence-corrected chi connectivity index (χ0v) is 11.2. The van der Waals surface area contributed by atoms with Gasteiger partial charge in [0.25, 0.3) is 0 Å². The molecule has 0 spiro atoms. The molecule has 0 amide bonds. The highest BCUT2D eigenvalue weighted by molar-refractivity contribution is 5.61. The van der Waals surface area contributed by atoms with Crippen LogP contribution in [0.4, 0.5) is 10.1 Å². The molecule has 3 rings (SSSR count). The number of rotatable bonds is 2. The van der Waals surface area contributed by atoms with Gasteiger partial charge in [0.15, 0.2) is 5.82 Å². The first-order chi connectivity index (χ1) is 9.60. The normalized spacial score (nSPS) is 22.9. The standard InChI is InChI=1S/C13H16FN5O/c1-13(5-2-6-20-8-13)19-12(16-17-18-19)9-3-4-10(14)11(15)7-9/h3-4,7H,2,5-6,8,15H2,1H3. The fraction of sp³-hybridized carbons (Fsp3) is 0.462. The molecule has 0 saturated carbocycles. The van der Waals surface area contributed by atoms with Crippen LogP contribution in [0.25, 0.3) is 11.4 Å². The number of nitrogen functional groups attached to an aromatic ring is 1. The summed E-state index contributed by atoms with van der Waals surface area (Å²) in [6.07, 6.45) is 1.89. The lowest BCUT2D eigenvalue weighted by Gasteiger charge is -2.33. The van der Waals surface area contributed by atoms with Crippen molar-refractivity contribution in [2.75, 3.05) is 18.9 Å². The molecule has 1 saturated heterocycles. The Bertz CT molecular complexity index is 621. The van der Waals surface area contributed by atoms with Gasteiger partial charge in [-0.1, -0.05) is 0 Å². The molecule has 106 valence electrons. The molecule has 0 radical (unpaired) electrons. The Morgan fingerprint density at radius 3 is 3.00 bits per heavy atom. The molecular weight excluding hydrogens is 261 g/mol. The van der Waals surface area contributed by atoms with Crippen molar-refractivity contribution >= 4 is 5.69 Å². The number of nitrogens with two attached hydrogens (primary N) is 1. The van der Waals surface area contributed by atoms with Crippen LogP contribution in [0.15, 0.2) is 18.2 Å². The number of tetrazole rings is 1. The summed E-state index contributed by atoms with van der Waals surface area (Å²) in [5.74, 6) is 0.129. The van der Waals surface area contributed by atoms with E-state index in [1.54, 1.807) is 16.8 Å². The molecule has 1 aromatic heterocycles. The van der Waals surface area contributed by atoms with Gasteiger partial charge in [-0.05, 0) is 48.4 Å². The van der Waals surface area contributed by atoms with Gasteiger partial charge in [0.1, 0.15) is 5.82 Å². The first kappa shape index (κ1) is 13.0. The average molecular weight is 277 g/mol. The molecule has 6 nitrogen and oxygen atoms in total. The van der Waals surface area contributed by atoms with Crippen LogP contribution in [0.5, 0.6) is 0 Å². The summed E-state index contributed by atoms with van der Waals surface area (Å²) >= 11 is 0. The molecule has 2 aromatic rings. The Labute approximate surface area is 115 Å². The minimum atomic E-state index is -0.444. The van der Waals surface area contributed by atoms with Gasteiger partial charge < -0.3 is 10.5 Å². The third-order valence-corrected chi connectivity index (χ3v) is 3.65. The smallest absolute Gasteiger partial charge is 0.182 e. The van der Waals surface area contributed by atoms with Crippen molar-refractivity contribution in [2.45, 2.75) is 25.3 Å². The molecule has 2 heterocycles. The van der Waals surface area contributed by atoms with E-state index in [-0.39, 0.29) is 11.2 Å². The second-order valence-corrected chi connectivity index (χ2v) is 5.30. The summed E-state index contributed by atoms with van der Waals surface area (Å²) < 4.78 is 20.6. The SMILES string of the molecule is CC1(n2nnnc2-c2ccc(F)c(N)c2)CCCOC1. The van der Waals surface area contributed by atoms with E-state index in [2.05, 4.69) is 22.4 Å². The van der Waals surface area contributed by atoms with Crippen molar-refractivity contribution in [1.29, 1.82) is 0 Å². The van der Waals surface area contributed by atoms with Gasteiger partial charge >= 0.3 is 0 Å². The Balaban J connectivity index is 2.03. The summed E-state index contributed by atoms with van der Waals surface area (Å²) in [6, 6.07) is 4.49. The second kappa shape index (κ2) is 4.82. The van der Waals surface area contributed by atoms with Crippen LogP contribution in [-0.4, -0.2) is 33.4 Å². The van der Waals surface area contributed by atoms with Gasteiger partial charge in [-0.15, -0.1) is 5.10 Å². The van der Waals surface area contributed by atoms with E-state index in [4.69, 9.17) is 10.5 Å². The highest BCUT2D eigenvalue weighted by Gasteiger charge is 2.33. The molecular formula is C13H16FN5O. The van der Waals surface area contributed by atoms with Gasteiger partial charge in [-0.2, -0.15) is 0 Å². The minimum absolute atomic E-state index is 0.0853. The van der Waals surface area contributed by atoms with Crippen LogP contribution >= 0.6 is 0 Å². The number of nitrogens with zero attached hydrogens (tertiary/aromatic N) is 4. The zero-order chi connectivity index (χ0) is 14.2. The number of hydrogen-bond acceptors (Lipinski definition) is 5. The van der Waals surface area contributed by atoms with Gasteiger partial charge in [0.2, 0.25) is 0 Å². The summed E-state index contributed by atoms with van der Waals surface area (Å²) in [4.78, 5) is 0. The number of halogens is 1. The van der Waals surface area contributed by atoms with E-state index < -0.39 is 5.82 Å². The number of aromatic nitrogens is 4. The molecule has 2 N–H and O–H groups in total. The predicted octanol–water partition coefficient (Wildman–Crippen LogP) is 1.59. The highest BCUT2D eigenvalue weighted by atomic mass is 19.1. The molecule has 1 unspecified atom stereocenters. The fourth-order valence-corrected chi connectivity index (χ4v) is 2.50. The molecule has 20 heavy (non-hydrogen) atoms. The van der Waals surface area contributed by atoms with E-state index in [1.165, 1.54) is 6.07 Å². The second-order valence-electron chi connectivity index (χ2n) is 5.30. The molecule has 1 aliphatic rings. The van der Waals surface area contributed by atoms with Gasteiger partial charge in [0.05, 0.1) is 17.8 Å². The number of hydrogen-bond donors (Lipinski definition) is 1. The van der Waals surface area contributed by atoms with E-state index in [9.17, 15) is 4.39 Å². The number of ether oxygens (including phenoxy) is 1. The van der Waals surface area contributed by atoms with Crippen LogP contribution in [0.2, 0.25) is 0 Å². The Morgan fingerprint density at radius 1 is 1.45 bits per heavy atom. The molecule has 1 aromatic carbocycles. The maximum absolute atomic E-state index is 13.3. The third kappa shape index (κ3) is 2.14. The van der Waals surface area contributed by atoms with Crippen molar-refractivity contribution in [1.82, 2.24) is 20.2 Å². The first-order valence-corrected chi connectivity index (χ1v) is 6.52. The lowest BCUT2D eigenvalue weighted by molar-refractivity contribution is 0.00348. The monoisotopic (exact) mass is 277 g/mol. The fourth-order valence-electron chi connectivity index (χ4n) is 2.50. The van der Waals surface area contributed by atoms with Crippen molar-refractivity contribution < 1.29 is 9.13 Å². The van der Waals surface area contributed by atoms with Crippen LogP contribution in [0.3, 0.4) is 0 Å². The van der Waals surface area contributed by atoms with Crippen LogP contribution in [0, 0.1) is 5.82 Å². The van der Waals surface area contributed by atoms with Crippen LogP contribution < -0.4 is 5.73 Å². The first-order valence-electron chi connectivity index (χ1n) is 6.52. The molecule has 1 fully saturated rings. The summed E-state index contributed by atoms with van der Waals surface area (Å²) in [5.41, 5.74) is 6.10. The van der Waals surface area contributed by atoms with Crippen molar-refractivity contribution in [3.8, 4) is 11.4 Å². The molecule has 1 aliphatic heterocycles. The maximum atomic E-state index is 13.3. The van der Waals surface area contributed by atoms with Crippen molar-refractivity contribution in [3.05, 3.63) is 24.0 Å². The third-order valence-electron chi connectivity index (χ3n) is 3.65. The molecule has 1 atom stereocenters. The highest BCUT2D eigenvalue weighted by Crippen LogP contribution is 2.30. The maximum Gasteiger partial charge on any atom is 0.182 e. The Hall–Kier alpha value is -2.02. The van der Waals surface area contributed by atoms with Crippen molar-refractivity contribution in [3.63, 3.8) is 0 Å². The minimum Gasteiger partial charge on any atom is -0.396 e. The van der Waals surface area contributed by atoms with Crippen molar-refractivity contribution in [2.24, 2.45) is 0 Å². The number of anilines is 1. The van der Waals surface area contributed by atoms with E-state index in [0.29, 0.717) is 18.0 Å². The summed E-state index contributed by atoms with van der Waals surface area (Å²) in [5, 5.41) is 11.9. The predicted molar refractivity (Wildman–Crippen MR) is 71.3 cm³/mol. The van der Waals surface area contributed by atoms with Gasteiger partial charge in [0, 0.05) is 12.2 Å². The van der Waals surface area contributed by atoms with E-state index >= 15 is 0 Å². The number of benzene rings is 1. The van der Waals surface area contributed by atoms with Crippen LogP contribution in [0.1, 0.15) is 19.8 Å². The topological polar surface area (TPSA) is 78.9 Å². The zero-order valence-electron chi connectivity index (χ0n) is 11.2. The summed E-state index contributed by atoms with van der Waals surface area (Å²) in [7, 11) is 0. The quantitative estimate of drug-likeness (QED) is 0.843. The largest absolute Gasteiger partial charge is 0.396 e. The lowest BCUT2D eigenvalue weighted by Crippen LogP contribution is -2.40. The van der Waals surface area contributed by atoms with Gasteiger partial charge in [-0.25, -0.2) is 9.07 Å². The molecule has 0 aliphatic carbocycles. The Morgan fingerprint density at radius 2 is 2.30 bits per heavy atom. The lowest BCUT2D eigenvalue weighted by atomic mass is 9.94. The van der Waals surface area contributed by atoms with Crippen LogP contribution in [-0.2, 0) is 10.3 Å². The van der Waals surface area contributed by atoms with Gasteiger partial charge in [-0.3, -0.25) is 0 Å². The molecule has 7 heteroatoms. The van der Waals surface area contributed by atoms with E-state index in [1.807, 2.05) is 0 Å². The Kier molecular flexibility index (Phi) is 3.13.